The average molecular weight is 254 g/mol. The summed E-state index contributed by atoms with van der Waals surface area (Å²) in [5.41, 5.74) is 3.89. The van der Waals surface area contributed by atoms with Crippen LogP contribution in [0.5, 0.6) is 0 Å². The van der Waals surface area contributed by atoms with Crippen LogP contribution in [0.4, 0.5) is 10.1 Å². The zero-order valence-electron chi connectivity index (χ0n) is 10.9. The van der Waals surface area contributed by atoms with Crippen molar-refractivity contribution >= 4 is 5.69 Å². The molecule has 0 aliphatic heterocycles. The van der Waals surface area contributed by atoms with Gasteiger partial charge in [-0.1, -0.05) is 29.3 Å². The number of hydrogen-bond acceptors (Lipinski definition) is 2. The smallest absolute Gasteiger partial charge is 0.140 e. The van der Waals surface area contributed by atoms with Crippen LogP contribution in [-0.4, -0.2) is 0 Å². The minimum absolute atomic E-state index is 0.287. The molecule has 1 unspecified atom stereocenters. The molecule has 0 aromatic heterocycles. The third-order valence-corrected chi connectivity index (χ3v) is 2.86. The van der Waals surface area contributed by atoms with Crippen molar-refractivity contribution in [3.05, 3.63) is 65.0 Å². The number of anilines is 1. The van der Waals surface area contributed by atoms with Crippen LogP contribution in [0.15, 0.2) is 42.5 Å². The molecule has 96 valence electrons. The second kappa shape index (κ2) is 5.53. The van der Waals surface area contributed by atoms with E-state index in [2.05, 4.69) is 17.5 Å². The first kappa shape index (κ1) is 13.1. The van der Waals surface area contributed by atoms with Crippen molar-refractivity contribution in [1.29, 1.82) is 5.26 Å². The van der Waals surface area contributed by atoms with Crippen LogP contribution in [0.1, 0.15) is 22.7 Å². The summed E-state index contributed by atoms with van der Waals surface area (Å²) in [5, 5.41) is 12.4. The van der Waals surface area contributed by atoms with Gasteiger partial charge in [-0.15, -0.1) is 0 Å². The molecule has 2 aromatic rings. The van der Waals surface area contributed by atoms with E-state index in [-0.39, 0.29) is 5.82 Å². The Morgan fingerprint density at radius 3 is 2.16 bits per heavy atom. The summed E-state index contributed by atoms with van der Waals surface area (Å²) in [7, 11) is 0. The fourth-order valence-corrected chi connectivity index (χ4v) is 2.08. The molecule has 1 N–H and O–H groups in total. The summed E-state index contributed by atoms with van der Waals surface area (Å²) >= 11 is 0. The van der Waals surface area contributed by atoms with E-state index in [0.29, 0.717) is 0 Å². The molecule has 2 rings (SSSR count). The first-order valence-corrected chi connectivity index (χ1v) is 6.08. The standard InChI is InChI=1S/C16H15FN2/c1-11-7-12(2)9-13(8-11)16(10-18)19-15-5-3-14(17)4-6-15/h3-9,16,19H,1-2H3. The van der Waals surface area contributed by atoms with Gasteiger partial charge in [-0.25, -0.2) is 4.39 Å². The molecule has 0 heterocycles. The molecule has 0 bridgehead atoms. The van der Waals surface area contributed by atoms with Crippen LogP contribution in [0.25, 0.3) is 0 Å². The highest BCUT2D eigenvalue weighted by molar-refractivity contribution is 5.48. The molecule has 2 nitrogen and oxygen atoms in total. The second-order valence-electron chi connectivity index (χ2n) is 4.63. The normalized spacial score (nSPS) is 11.7. The zero-order chi connectivity index (χ0) is 13.8. The van der Waals surface area contributed by atoms with Gasteiger partial charge in [0, 0.05) is 5.69 Å². The molecule has 0 aliphatic carbocycles. The fourth-order valence-electron chi connectivity index (χ4n) is 2.08. The molecule has 0 amide bonds. The van der Waals surface area contributed by atoms with Gasteiger partial charge in [-0.3, -0.25) is 0 Å². The fraction of sp³-hybridized carbons (Fsp3) is 0.188. The van der Waals surface area contributed by atoms with Gasteiger partial charge in [0.2, 0.25) is 0 Å². The van der Waals surface area contributed by atoms with Crippen molar-refractivity contribution in [2.75, 3.05) is 5.32 Å². The number of hydrogen-bond donors (Lipinski definition) is 1. The summed E-state index contributed by atoms with van der Waals surface area (Å²) in [6.07, 6.45) is 0. The molecule has 0 saturated carbocycles. The van der Waals surface area contributed by atoms with Crippen LogP contribution in [0, 0.1) is 31.0 Å². The Bertz CT molecular complexity index is 591. The molecule has 19 heavy (non-hydrogen) atoms. The van der Waals surface area contributed by atoms with Gasteiger partial charge >= 0.3 is 0 Å². The Balaban J connectivity index is 2.25. The van der Waals surface area contributed by atoms with E-state index in [9.17, 15) is 9.65 Å². The topological polar surface area (TPSA) is 35.8 Å². The first-order chi connectivity index (χ1) is 9.08. The lowest BCUT2D eigenvalue weighted by molar-refractivity contribution is 0.628. The highest BCUT2D eigenvalue weighted by atomic mass is 19.1. The number of aryl methyl sites for hydroxylation is 2. The Labute approximate surface area is 112 Å². The van der Waals surface area contributed by atoms with Crippen molar-refractivity contribution in [1.82, 2.24) is 0 Å². The maximum Gasteiger partial charge on any atom is 0.140 e. The molecule has 0 aliphatic rings. The molecule has 3 heteroatoms. The van der Waals surface area contributed by atoms with E-state index in [1.54, 1.807) is 12.1 Å². The van der Waals surface area contributed by atoms with E-state index in [0.717, 1.165) is 22.4 Å². The minimum Gasteiger partial charge on any atom is -0.366 e. The molecule has 0 radical (unpaired) electrons. The first-order valence-electron chi connectivity index (χ1n) is 6.08. The van der Waals surface area contributed by atoms with E-state index in [1.807, 2.05) is 26.0 Å². The molecule has 0 spiro atoms. The van der Waals surface area contributed by atoms with Gasteiger partial charge < -0.3 is 5.32 Å². The van der Waals surface area contributed by atoms with Crippen LogP contribution in [0.3, 0.4) is 0 Å². The summed E-state index contributed by atoms with van der Waals surface area (Å²) in [4.78, 5) is 0. The van der Waals surface area contributed by atoms with Crippen molar-refractivity contribution in [3.63, 3.8) is 0 Å². The van der Waals surface area contributed by atoms with Crippen LogP contribution < -0.4 is 5.32 Å². The van der Waals surface area contributed by atoms with Gasteiger partial charge in [-0.05, 0) is 43.7 Å². The number of nitrogens with zero attached hydrogens (tertiary/aromatic N) is 1. The maximum absolute atomic E-state index is 12.8. The molecule has 1 atom stereocenters. The third kappa shape index (κ3) is 3.32. The monoisotopic (exact) mass is 254 g/mol. The SMILES string of the molecule is Cc1cc(C)cc(C(C#N)Nc2ccc(F)cc2)c1. The second-order valence-corrected chi connectivity index (χ2v) is 4.63. The minimum atomic E-state index is -0.441. The molecule has 2 aromatic carbocycles. The van der Waals surface area contributed by atoms with Crippen molar-refractivity contribution in [2.45, 2.75) is 19.9 Å². The van der Waals surface area contributed by atoms with E-state index < -0.39 is 6.04 Å². The van der Waals surface area contributed by atoms with E-state index in [1.165, 1.54) is 12.1 Å². The number of halogens is 1. The largest absolute Gasteiger partial charge is 0.366 e. The van der Waals surface area contributed by atoms with Crippen LogP contribution >= 0.6 is 0 Å². The predicted molar refractivity (Wildman–Crippen MR) is 74.3 cm³/mol. The quantitative estimate of drug-likeness (QED) is 0.894. The van der Waals surface area contributed by atoms with Crippen molar-refractivity contribution in [3.8, 4) is 6.07 Å². The lowest BCUT2D eigenvalue weighted by Gasteiger charge is -2.14. The van der Waals surface area contributed by atoms with Gasteiger partial charge in [0.25, 0.3) is 0 Å². The lowest BCUT2D eigenvalue weighted by Crippen LogP contribution is -2.09. The van der Waals surface area contributed by atoms with E-state index in [4.69, 9.17) is 0 Å². The number of benzene rings is 2. The number of rotatable bonds is 3. The summed E-state index contributed by atoms with van der Waals surface area (Å²) in [6, 6.07) is 13.8. The summed E-state index contributed by atoms with van der Waals surface area (Å²) in [6.45, 7) is 4.01. The predicted octanol–water partition coefficient (Wildman–Crippen LogP) is 4.12. The van der Waals surface area contributed by atoms with Crippen LogP contribution in [-0.2, 0) is 0 Å². The van der Waals surface area contributed by atoms with Crippen LogP contribution in [0.2, 0.25) is 0 Å². The zero-order valence-corrected chi connectivity index (χ0v) is 10.9. The maximum atomic E-state index is 12.8. The number of nitrogens with one attached hydrogen (secondary N) is 1. The van der Waals surface area contributed by atoms with Gasteiger partial charge in [-0.2, -0.15) is 5.26 Å². The van der Waals surface area contributed by atoms with Gasteiger partial charge in [0.15, 0.2) is 0 Å². The average Bonchev–Trinajstić information content (AvgIpc) is 2.37. The van der Waals surface area contributed by atoms with Gasteiger partial charge in [0.1, 0.15) is 11.9 Å². The Morgan fingerprint density at radius 2 is 1.63 bits per heavy atom. The van der Waals surface area contributed by atoms with Crippen molar-refractivity contribution in [2.24, 2.45) is 0 Å². The third-order valence-electron chi connectivity index (χ3n) is 2.86. The number of nitriles is 1. The molecule has 0 saturated heterocycles. The Morgan fingerprint density at radius 1 is 1.05 bits per heavy atom. The molecular weight excluding hydrogens is 239 g/mol. The van der Waals surface area contributed by atoms with E-state index >= 15 is 0 Å². The summed E-state index contributed by atoms with van der Waals surface area (Å²) in [5.74, 6) is -0.287. The highest BCUT2D eigenvalue weighted by Gasteiger charge is 2.11. The van der Waals surface area contributed by atoms with Gasteiger partial charge in [0.05, 0.1) is 6.07 Å². The lowest BCUT2D eigenvalue weighted by atomic mass is 10.0. The Kier molecular flexibility index (Phi) is 3.82. The highest BCUT2D eigenvalue weighted by Crippen LogP contribution is 2.21. The Hall–Kier alpha value is -2.34. The van der Waals surface area contributed by atoms with Crippen molar-refractivity contribution < 1.29 is 4.39 Å². The molecule has 0 fully saturated rings. The molecular formula is C16H15FN2. The summed E-state index contributed by atoms with van der Waals surface area (Å²) < 4.78 is 12.8.